The first-order valence-corrected chi connectivity index (χ1v) is 7.99. The number of carbonyl (C=O) groups is 1. The molecule has 110 valence electrons. The highest BCUT2D eigenvalue weighted by molar-refractivity contribution is 5.83. The van der Waals surface area contributed by atoms with Crippen molar-refractivity contribution in [1.82, 2.24) is 10.2 Å². The molecule has 1 amide bonds. The van der Waals surface area contributed by atoms with Crippen molar-refractivity contribution >= 4 is 5.91 Å². The quantitative estimate of drug-likeness (QED) is 0.852. The van der Waals surface area contributed by atoms with E-state index < -0.39 is 0 Å². The van der Waals surface area contributed by atoms with Crippen LogP contribution in [0.25, 0.3) is 0 Å². The van der Waals surface area contributed by atoms with E-state index in [1.54, 1.807) is 0 Å². The zero-order valence-corrected chi connectivity index (χ0v) is 12.9. The van der Waals surface area contributed by atoms with E-state index in [2.05, 4.69) is 31.0 Å². The van der Waals surface area contributed by atoms with Gasteiger partial charge in [-0.15, -0.1) is 0 Å². The molecule has 0 bridgehead atoms. The van der Waals surface area contributed by atoms with Gasteiger partial charge in [-0.1, -0.05) is 27.2 Å². The van der Waals surface area contributed by atoms with Crippen LogP contribution in [0.3, 0.4) is 0 Å². The highest BCUT2D eigenvalue weighted by atomic mass is 16.2. The summed E-state index contributed by atoms with van der Waals surface area (Å²) in [5.74, 6) is 0.428. The molecule has 1 unspecified atom stereocenters. The second-order valence-corrected chi connectivity index (χ2v) is 7.27. The molecule has 0 aromatic carbocycles. The standard InChI is InChI=1S/C16H30N2O/c1-4-6-16(7-5-10-17-13-16)14(19)18-11-8-15(2,3)9-12-18/h17H,4-13H2,1-3H3. The predicted molar refractivity (Wildman–Crippen MR) is 79.0 cm³/mol. The van der Waals surface area contributed by atoms with Crippen LogP contribution in [0.1, 0.15) is 59.3 Å². The normalized spacial score (nSPS) is 31.2. The van der Waals surface area contributed by atoms with E-state index in [9.17, 15) is 4.79 Å². The third-order valence-corrected chi connectivity index (χ3v) is 5.06. The smallest absolute Gasteiger partial charge is 0.230 e. The maximum atomic E-state index is 13.0. The zero-order chi connectivity index (χ0) is 13.9. The van der Waals surface area contributed by atoms with Gasteiger partial charge in [-0.05, 0) is 44.1 Å². The predicted octanol–water partition coefficient (Wildman–Crippen LogP) is 2.80. The lowest BCUT2D eigenvalue weighted by molar-refractivity contribution is -0.146. The van der Waals surface area contributed by atoms with Crippen LogP contribution in [0.2, 0.25) is 0 Å². The Bertz CT molecular complexity index is 303. The lowest BCUT2D eigenvalue weighted by Crippen LogP contribution is -2.54. The van der Waals surface area contributed by atoms with Crippen LogP contribution >= 0.6 is 0 Å². The Morgan fingerprint density at radius 2 is 1.89 bits per heavy atom. The molecular weight excluding hydrogens is 236 g/mol. The van der Waals surface area contributed by atoms with Gasteiger partial charge in [-0.3, -0.25) is 4.79 Å². The van der Waals surface area contributed by atoms with Gasteiger partial charge in [0.05, 0.1) is 5.41 Å². The molecule has 19 heavy (non-hydrogen) atoms. The molecule has 0 spiro atoms. The molecule has 0 aliphatic carbocycles. The monoisotopic (exact) mass is 266 g/mol. The molecule has 3 nitrogen and oxygen atoms in total. The van der Waals surface area contributed by atoms with Crippen LogP contribution in [-0.4, -0.2) is 37.0 Å². The first kappa shape index (κ1) is 14.8. The maximum Gasteiger partial charge on any atom is 0.230 e. The van der Waals surface area contributed by atoms with Crippen molar-refractivity contribution in [1.29, 1.82) is 0 Å². The Labute approximate surface area is 118 Å². The van der Waals surface area contributed by atoms with Gasteiger partial charge in [-0.2, -0.15) is 0 Å². The molecule has 2 aliphatic heterocycles. The van der Waals surface area contributed by atoms with Gasteiger partial charge in [0.2, 0.25) is 5.91 Å². The summed E-state index contributed by atoms with van der Waals surface area (Å²) < 4.78 is 0. The van der Waals surface area contributed by atoms with Gasteiger partial charge in [0.15, 0.2) is 0 Å². The third kappa shape index (κ3) is 3.31. The number of rotatable bonds is 3. The van der Waals surface area contributed by atoms with Gasteiger partial charge >= 0.3 is 0 Å². The molecule has 2 aliphatic rings. The van der Waals surface area contributed by atoms with Crippen molar-refractivity contribution in [2.45, 2.75) is 59.3 Å². The first-order valence-electron chi connectivity index (χ1n) is 7.99. The number of hydrogen-bond donors (Lipinski definition) is 1. The van der Waals surface area contributed by atoms with Crippen molar-refractivity contribution in [3.63, 3.8) is 0 Å². The molecule has 0 aromatic heterocycles. The minimum absolute atomic E-state index is 0.103. The molecule has 0 radical (unpaired) electrons. The molecular formula is C16H30N2O. The number of amides is 1. The van der Waals surface area contributed by atoms with Crippen LogP contribution in [-0.2, 0) is 4.79 Å². The van der Waals surface area contributed by atoms with Gasteiger partial charge in [-0.25, -0.2) is 0 Å². The van der Waals surface area contributed by atoms with E-state index >= 15 is 0 Å². The molecule has 2 saturated heterocycles. The summed E-state index contributed by atoms with van der Waals surface area (Å²) in [6.45, 7) is 10.7. The first-order chi connectivity index (χ1) is 8.99. The van der Waals surface area contributed by atoms with E-state index in [1.807, 2.05) is 0 Å². The van der Waals surface area contributed by atoms with Crippen LogP contribution in [0.15, 0.2) is 0 Å². The second-order valence-electron chi connectivity index (χ2n) is 7.27. The maximum absolute atomic E-state index is 13.0. The molecule has 2 heterocycles. The Hall–Kier alpha value is -0.570. The summed E-state index contributed by atoms with van der Waals surface area (Å²) in [4.78, 5) is 15.1. The van der Waals surface area contributed by atoms with Gasteiger partial charge in [0.25, 0.3) is 0 Å². The summed E-state index contributed by atoms with van der Waals surface area (Å²) in [7, 11) is 0. The largest absolute Gasteiger partial charge is 0.342 e. The molecule has 2 fully saturated rings. The van der Waals surface area contributed by atoms with Gasteiger partial charge in [0.1, 0.15) is 0 Å². The second kappa shape index (κ2) is 5.82. The summed E-state index contributed by atoms with van der Waals surface area (Å²) >= 11 is 0. The van der Waals surface area contributed by atoms with E-state index in [1.165, 1.54) is 0 Å². The Balaban J connectivity index is 2.03. The molecule has 2 rings (SSSR count). The van der Waals surface area contributed by atoms with Crippen LogP contribution in [0.4, 0.5) is 0 Å². The SMILES string of the molecule is CCCC1(C(=O)N2CCC(C)(C)CC2)CCCNC1. The molecule has 3 heteroatoms. The van der Waals surface area contributed by atoms with Crippen molar-refractivity contribution in [3.05, 3.63) is 0 Å². The average Bonchev–Trinajstić information content (AvgIpc) is 2.39. The van der Waals surface area contributed by atoms with E-state index in [4.69, 9.17) is 0 Å². The van der Waals surface area contributed by atoms with Crippen molar-refractivity contribution in [2.75, 3.05) is 26.2 Å². The number of hydrogen-bond acceptors (Lipinski definition) is 2. The van der Waals surface area contributed by atoms with E-state index in [0.717, 1.165) is 64.7 Å². The summed E-state index contributed by atoms with van der Waals surface area (Å²) in [5, 5.41) is 3.45. The molecule has 1 N–H and O–H groups in total. The fraction of sp³-hybridized carbons (Fsp3) is 0.938. The fourth-order valence-corrected chi connectivity index (χ4v) is 3.60. The Morgan fingerprint density at radius 3 is 2.42 bits per heavy atom. The van der Waals surface area contributed by atoms with Gasteiger partial charge in [0, 0.05) is 19.6 Å². The summed E-state index contributed by atoms with van der Waals surface area (Å²) in [6, 6.07) is 0. The minimum atomic E-state index is -0.103. The third-order valence-electron chi connectivity index (χ3n) is 5.06. The van der Waals surface area contributed by atoms with E-state index in [-0.39, 0.29) is 5.41 Å². The number of likely N-dealkylation sites (tertiary alicyclic amines) is 1. The zero-order valence-electron chi connectivity index (χ0n) is 12.9. The van der Waals surface area contributed by atoms with E-state index in [0.29, 0.717) is 11.3 Å². The van der Waals surface area contributed by atoms with Crippen LogP contribution in [0.5, 0.6) is 0 Å². The molecule has 0 aromatic rings. The summed E-state index contributed by atoms with van der Waals surface area (Å²) in [6.07, 6.45) is 6.66. The van der Waals surface area contributed by atoms with Gasteiger partial charge < -0.3 is 10.2 Å². The Kier molecular flexibility index (Phi) is 4.54. The van der Waals surface area contributed by atoms with Crippen molar-refractivity contribution < 1.29 is 4.79 Å². The highest BCUT2D eigenvalue weighted by Crippen LogP contribution is 2.37. The lowest BCUT2D eigenvalue weighted by atomic mass is 9.74. The lowest BCUT2D eigenvalue weighted by Gasteiger charge is -2.44. The van der Waals surface area contributed by atoms with Crippen LogP contribution < -0.4 is 5.32 Å². The number of nitrogens with one attached hydrogen (secondary N) is 1. The fourth-order valence-electron chi connectivity index (χ4n) is 3.60. The Morgan fingerprint density at radius 1 is 1.21 bits per heavy atom. The highest BCUT2D eigenvalue weighted by Gasteiger charge is 2.42. The molecule has 0 saturated carbocycles. The number of carbonyl (C=O) groups excluding carboxylic acids is 1. The summed E-state index contributed by atoms with van der Waals surface area (Å²) in [5.41, 5.74) is 0.313. The van der Waals surface area contributed by atoms with Crippen molar-refractivity contribution in [2.24, 2.45) is 10.8 Å². The average molecular weight is 266 g/mol. The topological polar surface area (TPSA) is 32.3 Å². The molecule has 1 atom stereocenters. The number of piperidine rings is 2. The number of nitrogens with zero attached hydrogens (tertiary/aromatic N) is 1. The minimum Gasteiger partial charge on any atom is -0.342 e. The van der Waals surface area contributed by atoms with Crippen molar-refractivity contribution in [3.8, 4) is 0 Å². The van der Waals surface area contributed by atoms with Crippen LogP contribution in [0, 0.1) is 10.8 Å².